The van der Waals surface area contributed by atoms with Crippen molar-refractivity contribution in [3.05, 3.63) is 30.3 Å². The van der Waals surface area contributed by atoms with Crippen molar-refractivity contribution in [1.29, 1.82) is 0 Å². The van der Waals surface area contributed by atoms with Crippen LogP contribution in [0, 0.1) is 0 Å². The Labute approximate surface area is 122 Å². The highest BCUT2D eigenvalue weighted by Gasteiger charge is 2.09. The van der Waals surface area contributed by atoms with E-state index in [-0.39, 0.29) is 11.7 Å². The van der Waals surface area contributed by atoms with Gasteiger partial charge in [-0.15, -0.1) is 5.10 Å². The van der Waals surface area contributed by atoms with Crippen molar-refractivity contribution in [1.82, 2.24) is 15.2 Å². The lowest BCUT2D eigenvalue weighted by Gasteiger charge is -2.01. The first-order valence-electron chi connectivity index (χ1n) is 6.56. The average Bonchev–Trinajstić information content (AvgIpc) is 2.95. The van der Waals surface area contributed by atoms with Crippen LogP contribution < -0.4 is 0 Å². The fraction of sp³-hybridized carbons (Fsp3) is 0.357. The van der Waals surface area contributed by atoms with E-state index >= 15 is 0 Å². The summed E-state index contributed by atoms with van der Waals surface area (Å²) in [5.41, 5.74) is 0.970. The number of benzene rings is 1. The van der Waals surface area contributed by atoms with E-state index < -0.39 is 0 Å². The van der Waals surface area contributed by atoms with Crippen LogP contribution in [0.2, 0.25) is 0 Å². The number of aromatic nitrogens is 3. The first kappa shape index (κ1) is 14.6. The van der Waals surface area contributed by atoms with E-state index in [4.69, 9.17) is 4.74 Å². The number of ether oxygens (including phenoxy) is 1. The molecule has 0 fully saturated rings. The van der Waals surface area contributed by atoms with Crippen LogP contribution >= 0.6 is 11.8 Å². The van der Waals surface area contributed by atoms with Crippen LogP contribution in [0.4, 0.5) is 0 Å². The van der Waals surface area contributed by atoms with Gasteiger partial charge in [-0.25, -0.2) is 4.98 Å². The molecule has 1 N–H and O–H groups in total. The van der Waals surface area contributed by atoms with Crippen LogP contribution in [-0.2, 0) is 9.53 Å². The number of carbonyl (C=O) groups excluding carboxylic acids is 1. The van der Waals surface area contributed by atoms with Crippen molar-refractivity contribution in [2.75, 3.05) is 12.4 Å². The molecule has 1 heterocycles. The Bertz CT molecular complexity index is 542. The Hall–Kier alpha value is -1.82. The minimum atomic E-state index is -0.227. The molecule has 0 atom stereocenters. The summed E-state index contributed by atoms with van der Waals surface area (Å²) >= 11 is 1.27. The lowest BCUT2D eigenvalue weighted by Crippen LogP contribution is -2.08. The molecule has 0 saturated heterocycles. The Balaban J connectivity index is 1.83. The summed E-state index contributed by atoms with van der Waals surface area (Å²) < 4.78 is 5.07. The summed E-state index contributed by atoms with van der Waals surface area (Å²) in [5, 5.41) is 7.50. The number of nitrogens with one attached hydrogen (secondary N) is 1. The molecular weight excluding hydrogens is 274 g/mol. The van der Waals surface area contributed by atoms with Gasteiger partial charge in [0.1, 0.15) is 0 Å². The van der Waals surface area contributed by atoms with Gasteiger partial charge < -0.3 is 4.74 Å². The molecule has 2 aromatic rings. The third-order valence-electron chi connectivity index (χ3n) is 2.59. The van der Waals surface area contributed by atoms with Gasteiger partial charge in [0, 0.05) is 5.56 Å². The molecule has 0 spiro atoms. The average molecular weight is 291 g/mol. The molecule has 106 valence electrons. The van der Waals surface area contributed by atoms with Crippen LogP contribution in [0.3, 0.4) is 0 Å². The van der Waals surface area contributed by atoms with Crippen molar-refractivity contribution in [3.63, 3.8) is 0 Å². The smallest absolute Gasteiger partial charge is 0.316 e. The molecule has 0 aliphatic heterocycles. The van der Waals surface area contributed by atoms with Crippen molar-refractivity contribution in [3.8, 4) is 11.4 Å². The van der Waals surface area contributed by atoms with Crippen molar-refractivity contribution >= 4 is 17.7 Å². The van der Waals surface area contributed by atoms with Crippen LogP contribution in [-0.4, -0.2) is 33.5 Å². The summed E-state index contributed by atoms with van der Waals surface area (Å²) in [6.45, 7) is 2.54. The second-order valence-electron chi connectivity index (χ2n) is 4.20. The number of hydrogen-bond acceptors (Lipinski definition) is 5. The Morgan fingerprint density at radius 3 is 2.90 bits per heavy atom. The number of aromatic amines is 1. The summed E-state index contributed by atoms with van der Waals surface area (Å²) in [7, 11) is 0. The van der Waals surface area contributed by atoms with Crippen LogP contribution in [0.1, 0.15) is 19.8 Å². The van der Waals surface area contributed by atoms with E-state index in [2.05, 4.69) is 22.1 Å². The second-order valence-corrected chi connectivity index (χ2v) is 5.14. The molecular formula is C14H17N3O2S. The van der Waals surface area contributed by atoms with Crippen LogP contribution in [0.5, 0.6) is 0 Å². The fourth-order valence-electron chi connectivity index (χ4n) is 1.53. The number of thioether (sulfide) groups is 1. The summed E-state index contributed by atoms with van der Waals surface area (Å²) in [6, 6.07) is 9.73. The predicted molar refractivity (Wildman–Crippen MR) is 78.4 cm³/mol. The maximum Gasteiger partial charge on any atom is 0.316 e. The van der Waals surface area contributed by atoms with Crippen molar-refractivity contribution < 1.29 is 9.53 Å². The predicted octanol–water partition coefficient (Wildman–Crippen LogP) is 2.91. The van der Waals surface area contributed by atoms with E-state index in [1.165, 1.54) is 11.8 Å². The lowest BCUT2D eigenvalue weighted by molar-refractivity contribution is -0.140. The molecule has 20 heavy (non-hydrogen) atoms. The van der Waals surface area contributed by atoms with Gasteiger partial charge >= 0.3 is 5.97 Å². The van der Waals surface area contributed by atoms with Gasteiger partial charge in [-0.05, 0) is 6.42 Å². The first-order valence-corrected chi connectivity index (χ1v) is 7.54. The van der Waals surface area contributed by atoms with E-state index in [0.717, 1.165) is 18.4 Å². The number of esters is 1. The van der Waals surface area contributed by atoms with Gasteiger partial charge in [-0.1, -0.05) is 55.4 Å². The van der Waals surface area contributed by atoms with Gasteiger partial charge in [-0.2, -0.15) is 0 Å². The maximum atomic E-state index is 11.5. The molecule has 1 aromatic carbocycles. The van der Waals surface area contributed by atoms with Gasteiger partial charge in [0.15, 0.2) is 5.82 Å². The monoisotopic (exact) mass is 291 g/mol. The van der Waals surface area contributed by atoms with Crippen molar-refractivity contribution in [2.24, 2.45) is 0 Å². The van der Waals surface area contributed by atoms with Gasteiger partial charge in [0.2, 0.25) is 5.16 Å². The first-order chi connectivity index (χ1) is 9.79. The highest BCUT2D eigenvalue weighted by molar-refractivity contribution is 7.99. The number of H-pyrrole nitrogens is 1. The summed E-state index contributed by atoms with van der Waals surface area (Å²) in [6.07, 6.45) is 1.91. The highest BCUT2D eigenvalue weighted by Crippen LogP contribution is 2.18. The topological polar surface area (TPSA) is 67.9 Å². The van der Waals surface area contributed by atoms with E-state index in [1.54, 1.807) is 0 Å². The molecule has 0 aliphatic rings. The van der Waals surface area contributed by atoms with Gasteiger partial charge in [0.05, 0.1) is 12.4 Å². The molecule has 1 aromatic heterocycles. The summed E-state index contributed by atoms with van der Waals surface area (Å²) in [5.74, 6) is 0.706. The lowest BCUT2D eigenvalue weighted by atomic mass is 10.2. The minimum Gasteiger partial charge on any atom is -0.465 e. The Morgan fingerprint density at radius 1 is 1.35 bits per heavy atom. The molecule has 5 nitrogen and oxygen atoms in total. The normalized spacial score (nSPS) is 10.4. The third-order valence-corrected chi connectivity index (χ3v) is 3.41. The van der Waals surface area contributed by atoms with Crippen molar-refractivity contribution in [2.45, 2.75) is 24.9 Å². The molecule has 0 unspecified atom stereocenters. The largest absolute Gasteiger partial charge is 0.465 e. The zero-order valence-electron chi connectivity index (χ0n) is 11.3. The standard InChI is InChI=1S/C14H17N3O2S/c1-2-3-9-19-12(18)10-20-14-15-13(16-17-14)11-7-5-4-6-8-11/h4-8H,2-3,9-10H2,1H3,(H,15,16,17). The number of hydrogen-bond donors (Lipinski definition) is 1. The molecule has 0 amide bonds. The summed E-state index contributed by atoms with van der Waals surface area (Å²) in [4.78, 5) is 15.8. The SMILES string of the molecule is CCCCOC(=O)CSc1n[nH]c(-c2ccccc2)n1. The van der Waals surface area contributed by atoms with Gasteiger partial charge in [0.25, 0.3) is 0 Å². The van der Waals surface area contributed by atoms with E-state index in [9.17, 15) is 4.79 Å². The Morgan fingerprint density at radius 2 is 2.15 bits per heavy atom. The zero-order chi connectivity index (χ0) is 14.2. The number of unbranched alkanes of at least 4 members (excludes halogenated alkanes) is 1. The third kappa shape index (κ3) is 4.38. The van der Waals surface area contributed by atoms with E-state index in [1.807, 2.05) is 30.3 Å². The maximum absolute atomic E-state index is 11.5. The second kappa shape index (κ2) is 7.69. The molecule has 6 heteroatoms. The number of nitrogens with zero attached hydrogens (tertiary/aromatic N) is 2. The molecule has 0 radical (unpaired) electrons. The quantitative estimate of drug-likeness (QED) is 0.482. The highest BCUT2D eigenvalue weighted by atomic mass is 32.2. The zero-order valence-corrected chi connectivity index (χ0v) is 12.2. The molecule has 0 bridgehead atoms. The van der Waals surface area contributed by atoms with Gasteiger partial charge in [-0.3, -0.25) is 9.89 Å². The van der Waals surface area contributed by atoms with Crippen LogP contribution in [0.15, 0.2) is 35.5 Å². The number of carbonyl (C=O) groups is 1. The minimum absolute atomic E-state index is 0.227. The van der Waals surface area contributed by atoms with E-state index in [0.29, 0.717) is 17.6 Å². The molecule has 0 aliphatic carbocycles. The molecule has 2 rings (SSSR count). The molecule has 0 saturated carbocycles. The number of rotatable bonds is 7. The van der Waals surface area contributed by atoms with Crippen LogP contribution in [0.25, 0.3) is 11.4 Å². The Kier molecular flexibility index (Phi) is 5.61. The fourth-order valence-corrected chi connectivity index (χ4v) is 2.13.